The Morgan fingerprint density at radius 2 is 2.05 bits per heavy atom. The number of hydrogen-bond donors (Lipinski definition) is 1. The summed E-state index contributed by atoms with van der Waals surface area (Å²) in [7, 11) is 0. The van der Waals surface area contributed by atoms with Gasteiger partial charge in [-0.2, -0.15) is 0 Å². The van der Waals surface area contributed by atoms with E-state index in [4.69, 9.17) is 0 Å². The van der Waals surface area contributed by atoms with Crippen LogP contribution >= 0.6 is 15.9 Å². The molecule has 1 aliphatic rings. The summed E-state index contributed by atoms with van der Waals surface area (Å²) in [5, 5.41) is 2.44. The molecule has 7 heteroatoms. The molecule has 1 aromatic rings. The predicted molar refractivity (Wildman–Crippen MR) is 68.6 cm³/mol. The van der Waals surface area contributed by atoms with Gasteiger partial charge in [0, 0.05) is 6.07 Å². The van der Waals surface area contributed by atoms with Gasteiger partial charge in [-0.3, -0.25) is 14.5 Å². The first kappa shape index (κ1) is 13.9. The first-order valence-corrected chi connectivity index (χ1v) is 6.49. The van der Waals surface area contributed by atoms with Gasteiger partial charge in [0.2, 0.25) is 11.8 Å². The van der Waals surface area contributed by atoms with Crippen molar-refractivity contribution in [3.8, 4) is 0 Å². The molecule has 0 saturated carbocycles. The number of hydrogen-bond acceptors (Lipinski definition) is 2. The zero-order valence-corrected chi connectivity index (χ0v) is 11.6. The average molecular weight is 333 g/mol. The molecule has 2 amide bonds. The number of halogens is 3. The minimum absolute atomic E-state index is 0.0394. The van der Waals surface area contributed by atoms with Crippen molar-refractivity contribution in [3.63, 3.8) is 0 Å². The van der Waals surface area contributed by atoms with Crippen molar-refractivity contribution < 1.29 is 18.4 Å². The Balaban J connectivity index is 2.51. The molecule has 19 heavy (non-hydrogen) atoms. The number of nitrogens with zero attached hydrogens (tertiary/aromatic N) is 1. The minimum Gasteiger partial charge on any atom is -0.345 e. The predicted octanol–water partition coefficient (Wildman–Crippen LogP) is 1.97. The van der Waals surface area contributed by atoms with Gasteiger partial charge in [0.15, 0.2) is 0 Å². The summed E-state index contributed by atoms with van der Waals surface area (Å²) in [5.74, 6) is -2.41. The summed E-state index contributed by atoms with van der Waals surface area (Å²) >= 11 is 2.94. The SMILES string of the molecule is CCC1C(=O)NCC(=O)N1c1cc(Br)c(F)cc1F. The number of carbonyl (C=O) groups excluding carboxylic acids is 2. The molecule has 0 aromatic heterocycles. The second-order valence-corrected chi connectivity index (χ2v) is 4.98. The highest BCUT2D eigenvalue weighted by Gasteiger charge is 2.35. The first-order valence-electron chi connectivity index (χ1n) is 5.70. The lowest BCUT2D eigenvalue weighted by atomic mass is 10.1. The van der Waals surface area contributed by atoms with Crippen LogP contribution < -0.4 is 10.2 Å². The molecule has 1 heterocycles. The Morgan fingerprint density at radius 3 is 2.68 bits per heavy atom. The summed E-state index contributed by atoms with van der Waals surface area (Å²) in [5.41, 5.74) is -0.0972. The number of benzene rings is 1. The van der Waals surface area contributed by atoms with Gasteiger partial charge in [-0.15, -0.1) is 0 Å². The van der Waals surface area contributed by atoms with Crippen molar-refractivity contribution in [2.24, 2.45) is 0 Å². The minimum atomic E-state index is -0.873. The Morgan fingerprint density at radius 1 is 1.37 bits per heavy atom. The summed E-state index contributed by atoms with van der Waals surface area (Å²) in [6.07, 6.45) is 0.339. The molecule has 0 spiro atoms. The van der Waals surface area contributed by atoms with Crippen LogP contribution in [-0.2, 0) is 9.59 Å². The van der Waals surface area contributed by atoms with Gasteiger partial charge < -0.3 is 5.32 Å². The third kappa shape index (κ3) is 2.47. The maximum absolute atomic E-state index is 13.8. The van der Waals surface area contributed by atoms with Crippen molar-refractivity contribution in [1.82, 2.24) is 5.32 Å². The van der Waals surface area contributed by atoms with Crippen molar-refractivity contribution in [3.05, 3.63) is 28.2 Å². The van der Waals surface area contributed by atoms with Crippen molar-refractivity contribution >= 4 is 33.4 Å². The molecule has 1 saturated heterocycles. The maximum atomic E-state index is 13.8. The second-order valence-electron chi connectivity index (χ2n) is 4.12. The summed E-state index contributed by atoms with van der Waals surface area (Å²) < 4.78 is 27.1. The number of rotatable bonds is 2. The van der Waals surface area contributed by atoms with Gasteiger partial charge in [0.1, 0.15) is 17.7 Å². The molecule has 1 N–H and O–H groups in total. The normalized spacial score (nSPS) is 19.6. The molecule has 4 nitrogen and oxygen atoms in total. The molecule has 1 unspecified atom stereocenters. The van der Waals surface area contributed by atoms with Crippen LogP contribution in [0.3, 0.4) is 0 Å². The lowest BCUT2D eigenvalue weighted by Crippen LogP contribution is -2.58. The number of nitrogens with one attached hydrogen (secondary N) is 1. The smallest absolute Gasteiger partial charge is 0.247 e. The van der Waals surface area contributed by atoms with E-state index in [0.29, 0.717) is 12.5 Å². The average Bonchev–Trinajstić information content (AvgIpc) is 2.36. The standard InChI is InChI=1S/C12H11BrF2N2O2/c1-2-9-12(19)16-5-11(18)17(9)10-3-6(13)7(14)4-8(10)15/h3-4,9H,2,5H2,1H3,(H,16,19). The van der Waals surface area contributed by atoms with Crippen LogP contribution in [0, 0.1) is 11.6 Å². The van der Waals surface area contributed by atoms with Crippen LogP contribution in [0.25, 0.3) is 0 Å². The van der Waals surface area contributed by atoms with Crippen molar-refractivity contribution in [2.75, 3.05) is 11.4 Å². The Hall–Kier alpha value is -1.50. The topological polar surface area (TPSA) is 49.4 Å². The highest BCUT2D eigenvalue weighted by molar-refractivity contribution is 9.10. The van der Waals surface area contributed by atoms with E-state index in [-0.39, 0.29) is 22.6 Å². The first-order chi connectivity index (χ1) is 8.95. The third-order valence-corrected chi connectivity index (χ3v) is 3.54. The second kappa shape index (κ2) is 5.24. The van der Waals surface area contributed by atoms with Crippen molar-refractivity contribution in [1.29, 1.82) is 0 Å². The molecule has 0 radical (unpaired) electrons. The van der Waals surface area contributed by atoms with E-state index in [2.05, 4.69) is 21.2 Å². The molecule has 0 bridgehead atoms. The van der Waals surface area contributed by atoms with E-state index in [1.54, 1.807) is 6.92 Å². The fourth-order valence-corrected chi connectivity index (χ4v) is 2.35. The molecule has 1 aromatic carbocycles. The van der Waals surface area contributed by atoms with Gasteiger partial charge in [0.05, 0.1) is 16.7 Å². The zero-order valence-electron chi connectivity index (χ0n) is 10.0. The number of amides is 2. The van der Waals surface area contributed by atoms with E-state index in [0.717, 1.165) is 4.90 Å². The van der Waals surface area contributed by atoms with Gasteiger partial charge in [-0.05, 0) is 28.4 Å². The highest BCUT2D eigenvalue weighted by atomic mass is 79.9. The Kier molecular flexibility index (Phi) is 3.84. The van der Waals surface area contributed by atoms with E-state index in [1.807, 2.05) is 0 Å². The van der Waals surface area contributed by atoms with Crippen molar-refractivity contribution in [2.45, 2.75) is 19.4 Å². The Bertz CT molecular complexity index is 551. The van der Waals surface area contributed by atoms with Gasteiger partial charge in [-0.25, -0.2) is 8.78 Å². The fourth-order valence-electron chi connectivity index (χ4n) is 2.02. The van der Waals surface area contributed by atoms with E-state index in [9.17, 15) is 18.4 Å². The number of piperazine rings is 1. The molecule has 1 fully saturated rings. The van der Waals surface area contributed by atoms with Crippen LogP contribution in [0.1, 0.15) is 13.3 Å². The molecule has 0 aliphatic carbocycles. The third-order valence-electron chi connectivity index (χ3n) is 2.93. The molecular weight excluding hydrogens is 322 g/mol. The monoisotopic (exact) mass is 332 g/mol. The fraction of sp³-hybridized carbons (Fsp3) is 0.333. The summed E-state index contributed by atoms with van der Waals surface area (Å²) in [6, 6.07) is 1.07. The van der Waals surface area contributed by atoms with E-state index >= 15 is 0 Å². The largest absolute Gasteiger partial charge is 0.345 e. The molecule has 1 atom stereocenters. The highest BCUT2D eigenvalue weighted by Crippen LogP contribution is 2.29. The van der Waals surface area contributed by atoms with E-state index in [1.165, 1.54) is 6.07 Å². The van der Waals surface area contributed by atoms with Gasteiger partial charge in [0.25, 0.3) is 0 Å². The molecular formula is C12H11BrF2N2O2. The van der Waals surface area contributed by atoms with Crippen LogP contribution in [0.5, 0.6) is 0 Å². The van der Waals surface area contributed by atoms with Crippen LogP contribution in [-0.4, -0.2) is 24.4 Å². The van der Waals surface area contributed by atoms with Gasteiger partial charge >= 0.3 is 0 Å². The molecule has 2 rings (SSSR count). The lowest BCUT2D eigenvalue weighted by Gasteiger charge is -2.34. The molecule has 1 aliphatic heterocycles. The quantitative estimate of drug-likeness (QED) is 0.842. The van der Waals surface area contributed by atoms with Gasteiger partial charge in [-0.1, -0.05) is 6.92 Å². The number of anilines is 1. The van der Waals surface area contributed by atoms with Crippen LogP contribution in [0.2, 0.25) is 0 Å². The Labute approximate surface area is 116 Å². The summed E-state index contributed by atoms with van der Waals surface area (Å²) in [6.45, 7) is 1.52. The summed E-state index contributed by atoms with van der Waals surface area (Å²) in [4.78, 5) is 24.7. The maximum Gasteiger partial charge on any atom is 0.247 e. The van der Waals surface area contributed by atoms with Crippen LogP contribution in [0.15, 0.2) is 16.6 Å². The molecule has 102 valence electrons. The van der Waals surface area contributed by atoms with Crippen LogP contribution in [0.4, 0.5) is 14.5 Å². The number of carbonyl (C=O) groups is 2. The zero-order chi connectivity index (χ0) is 14.2. The van der Waals surface area contributed by atoms with E-state index < -0.39 is 23.6 Å². The lowest BCUT2D eigenvalue weighted by molar-refractivity contribution is -0.131.